The third kappa shape index (κ3) is 3.20. The Bertz CT molecular complexity index is 553. The molecule has 3 N–H and O–H groups in total. The standard InChI is InChI=1S/C12H18N2O2S2/c1-4-10-7-5-6-8(2)11(10)14-18(15,16)9(3)12(13)17/h5-7,9,14H,4H2,1-3H3,(H2,13,17). The molecule has 0 heterocycles. The normalized spacial score (nSPS) is 13.1. The number of aryl methyl sites for hydroxylation is 2. The molecule has 1 aromatic rings. The first-order chi connectivity index (χ1) is 8.29. The summed E-state index contributed by atoms with van der Waals surface area (Å²) in [5, 5.41) is -0.892. The summed E-state index contributed by atoms with van der Waals surface area (Å²) in [5.41, 5.74) is 7.86. The smallest absolute Gasteiger partial charge is 0.241 e. The number of hydrogen-bond acceptors (Lipinski definition) is 3. The fraction of sp³-hybridized carbons (Fsp3) is 0.417. The Morgan fingerprint density at radius 3 is 2.61 bits per heavy atom. The maximum atomic E-state index is 12.1. The van der Waals surface area contributed by atoms with Crippen LogP contribution in [0.1, 0.15) is 25.0 Å². The van der Waals surface area contributed by atoms with Crippen LogP contribution >= 0.6 is 12.2 Å². The SMILES string of the molecule is CCc1cccc(C)c1NS(=O)(=O)C(C)C(N)=S. The predicted octanol–water partition coefficient (Wildman–Crippen LogP) is 1.97. The molecule has 0 bridgehead atoms. The highest BCUT2D eigenvalue weighted by atomic mass is 32.2. The van der Waals surface area contributed by atoms with Crippen LogP contribution in [0.3, 0.4) is 0 Å². The third-order valence-corrected chi connectivity index (χ3v) is 5.03. The highest BCUT2D eigenvalue weighted by Crippen LogP contribution is 2.23. The number of nitrogens with one attached hydrogen (secondary N) is 1. The van der Waals surface area contributed by atoms with E-state index in [2.05, 4.69) is 4.72 Å². The molecule has 0 aliphatic rings. The van der Waals surface area contributed by atoms with Crippen LogP contribution in [-0.2, 0) is 16.4 Å². The number of benzene rings is 1. The van der Waals surface area contributed by atoms with Crippen LogP contribution in [-0.4, -0.2) is 18.7 Å². The van der Waals surface area contributed by atoms with Gasteiger partial charge < -0.3 is 5.73 Å². The summed E-state index contributed by atoms with van der Waals surface area (Å²) in [4.78, 5) is -0.0332. The molecule has 0 aliphatic carbocycles. The minimum atomic E-state index is -3.58. The molecule has 1 aromatic carbocycles. The molecule has 1 rings (SSSR count). The van der Waals surface area contributed by atoms with Crippen molar-refractivity contribution in [2.45, 2.75) is 32.4 Å². The fourth-order valence-electron chi connectivity index (χ4n) is 1.55. The first kappa shape index (κ1) is 14.9. The van der Waals surface area contributed by atoms with Gasteiger partial charge in [-0.2, -0.15) is 0 Å². The van der Waals surface area contributed by atoms with Gasteiger partial charge in [0.15, 0.2) is 0 Å². The Morgan fingerprint density at radius 1 is 1.50 bits per heavy atom. The minimum Gasteiger partial charge on any atom is -0.392 e. The molecule has 0 fully saturated rings. The lowest BCUT2D eigenvalue weighted by Gasteiger charge is -2.17. The average molecular weight is 286 g/mol. The summed E-state index contributed by atoms with van der Waals surface area (Å²) < 4.78 is 26.8. The zero-order chi connectivity index (χ0) is 13.9. The monoisotopic (exact) mass is 286 g/mol. The number of thiocarbonyl (C=S) groups is 1. The van der Waals surface area contributed by atoms with E-state index in [9.17, 15) is 8.42 Å². The van der Waals surface area contributed by atoms with Crippen molar-refractivity contribution in [3.05, 3.63) is 29.3 Å². The van der Waals surface area contributed by atoms with Crippen LogP contribution < -0.4 is 10.5 Å². The van der Waals surface area contributed by atoms with E-state index in [4.69, 9.17) is 18.0 Å². The van der Waals surface area contributed by atoms with Crippen molar-refractivity contribution in [2.24, 2.45) is 5.73 Å². The zero-order valence-corrected chi connectivity index (χ0v) is 12.4. The van der Waals surface area contributed by atoms with E-state index in [-0.39, 0.29) is 4.99 Å². The molecule has 0 spiro atoms. The molecule has 4 nitrogen and oxygen atoms in total. The summed E-state index contributed by atoms with van der Waals surface area (Å²) in [7, 11) is -3.58. The van der Waals surface area contributed by atoms with Crippen molar-refractivity contribution in [1.82, 2.24) is 0 Å². The molecular weight excluding hydrogens is 268 g/mol. The van der Waals surface area contributed by atoms with Crippen LogP contribution in [0.15, 0.2) is 18.2 Å². The first-order valence-electron chi connectivity index (χ1n) is 5.69. The number of hydrogen-bond donors (Lipinski definition) is 2. The molecule has 6 heteroatoms. The van der Waals surface area contributed by atoms with Gasteiger partial charge in [-0.15, -0.1) is 0 Å². The van der Waals surface area contributed by atoms with Gasteiger partial charge in [0.2, 0.25) is 10.0 Å². The number of sulfonamides is 1. The summed E-state index contributed by atoms with van der Waals surface area (Å²) in [6, 6.07) is 5.67. The first-order valence-corrected chi connectivity index (χ1v) is 7.64. The Hall–Kier alpha value is -1.14. The summed E-state index contributed by atoms with van der Waals surface area (Å²) >= 11 is 4.74. The summed E-state index contributed by atoms with van der Waals surface area (Å²) in [6.45, 7) is 5.32. The van der Waals surface area contributed by atoms with Gasteiger partial charge in [0.25, 0.3) is 0 Å². The number of anilines is 1. The summed E-state index contributed by atoms with van der Waals surface area (Å²) in [5.74, 6) is 0. The van der Waals surface area contributed by atoms with Crippen LogP contribution in [0.2, 0.25) is 0 Å². The predicted molar refractivity (Wildman–Crippen MR) is 79.3 cm³/mol. The van der Waals surface area contributed by atoms with Crippen LogP contribution in [0.5, 0.6) is 0 Å². The molecule has 0 aliphatic heterocycles. The molecule has 0 aromatic heterocycles. The molecule has 1 unspecified atom stereocenters. The zero-order valence-electron chi connectivity index (χ0n) is 10.7. The van der Waals surface area contributed by atoms with E-state index in [0.717, 1.165) is 17.5 Å². The molecule has 18 heavy (non-hydrogen) atoms. The van der Waals surface area contributed by atoms with Crippen LogP contribution in [0.25, 0.3) is 0 Å². The second-order valence-electron chi connectivity index (χ2n) is 4.15. The Balaban J connectivity index is 3.16. The fourth-order valence-corrected chi connectivity index (χ4v) is 2.99. The number of nitrogens with two attached hydrogens (primary N) is 1. The molecular formula is C12H18N2O2S2. The molecule has 1 atom stereocenters. The lowest BCUT2D eigenvalue weighted by Crippen LogP contribution is -2.36. The van der Waals surface area contributed by atoms with Gasteiger partial charge in [0, 0.05) is 0 Å². The topological polar surface area (TPSA) is 72.2 Å². The highest BCUT2D eigenvalue weighted by Gasteiger charge is 2.24. The third-order valence-electron chi connectivity index (χ3n) is 2.85. The molecule has 0 radical (unpaired) electrons. The highest BCUT2D eigenvalue weighted by molar-refractivity contribution is 7.95. The maximum Gasteiger partial charge on any atom is 0.241 e. The minimum absolute atomic E-state index is 0.0332. The lowest BCUT2D eigenvalue weighted by atomic mass is 10.1. The van der Waals surface area contributed by atoms with E-state index >= 15 is 0 Å². The summed E-state index contributed by atoms with van der Waals surface area (Å²) in [6.07, 6.45) is 0.751. The maximum absolute atomic E-state index is 12.1. The lowest BCUT2D eigenvalue weighted by molar-refractivity contribution is 0.598. The van der Waals surface area contributed by atoms with Crippen LogP contribution in [0, 0.1) is 6.92 Å². The number of para-hydroxylation sites is 1. The van der Waals surface area contributed by atoms with Gasteiger partial charge >= 0.3 is 0 Å². The van der Waals surface area contributed by atoms with Crippen molar-refractivity contribution in [3.8, 4) is 0 Å². The average Bonchev–Trinajstić information content (AvgIpc) is 2.30. The Kier molecular flexibility index (Phi) is 4.70. The Morgan fingerprint density at radius 2 is 2.11 bits per heavy atom. The van der Waals surface area contributed by atoms with Gasteiger partial charge in [-0.3, -0.25) is 4.72 Å². The van der Waals surface area contributed by atoms with Gasteiger partial charge in [0.05, 0.1) is 10.7 Å². The van der Waals surface area contributed by atoms with E-state index in [1.165, 1.54) is 6.92 Å². The van der Waals surface area contributed by atoms with E-state index in [1.807, 2.05) is 32.0 Å². The second-order valence-corrected chi connectivity index (χ2v) is 6.63. The van der Waals surface area contributed by atoms with Gasteiger partial charge in [-0.1, -0.05) is 37.3 Å². The molecule has 0 saturated heterocycles. The molecule has 0 amide bonds. The van der Waals surface area contributed by atoms with Crippen molar-refractivity contribution in [1.29, 1.82) is 0 Å². The second kappa shape index (κ2) is 5.67. The number of rotatable bonds is 5. The molecule has 100 valence electrons. The van der Waals surface area contributed by atoms with Gasteiger partial charge in [-0.05, 0) is 31.4 Å². The quantitative estimate of drug-likeness (QED) is 0.812. The van der Waals surface area contributed by atoms with Gasteiger partial charge in [-0.25, -0.2) is 8.42 Å². The van der Waals surface area contributed by atoms with Crippen molar-refractivity contribution < 1.29 is 8.42 Å². The largest absolute Gasteiger partial charge is 0.392 e. The van der Waals surface area contributed by atoms with Crippen molar-refractivity contribution >= 4 is 32.9 Å². The van der Waals surface area contributed by atoms with Crippen molar-refractivity contribution in [3.63, 3.8) is 0 Å². The van der Waals surface area contributed by atoms with Gasteiger partial charge in [0.1, 0.15) is 5.25 Å². The van der Waals surface area contributed by atoms with E-state index in [0.29, 0.717) is 5.69 Å². The van der Waals surface area contributed by atoms with Crippen molar-refractivity contribution in [2.75, 3.05) is 4.72 Å². The molecule has 0 saturated carbocycles. The van der Waals surface area contributed by atoms with E-state index < -0.39 is 15.3 Å². The Labute approximate surface area is 114 Å². The van der Waals surface area contributed by atoms with E-state index in [1.54, 1.807) is 0 Å². The van der Waals surface area contributed by atoms with Crippen LogP contribution in [0.4, 0.5) is 5.69 Å².